The second-order valence-electron chi connectivity index (χ2n) is 9.76. The van der Waals surface area contributed by atoms with E-state index in [4.69, 9.17) is 4.98 Å². The van der Waals surface area contributed by atoms with Gasteiger partial charge in [0, 0.05) is 61.4 Å². The Balaban J connectivity index is 1.49. The van der Waals surface area contributed by atoms with Crippen LogP contribution in [0.5, 0.6) is 0 Å². The molecule has 3 N–H and O–H groups in total. The molecule has 0 aliphatic carbocycles. The number of benzene rings is 1. The van der Waals surface area contributed by atoms with Crippen LogP contribution >= 0.6 is 0 Å². The van der Waals surface area contributed by atoms with Crippen molar-refractivity contribution in [2.75, 3.05) is 31.1 Å². The molecule has 5 aromatic heterocycles. The molecule has 0 unspecified atom stereocenters. The maximum atomic E-state index is 14.3. The first-order chi connectivity index (χ1) is 19.8. The Hall–Kier alpha value is -5.04. The van der Waals surface area contributed by atoms with Gasteiger partial charge in [-0.15, -0.1) is 0 Å². The highest BCUT2D eigenvalue weighted by Crippen LogP contribution is 2.38. The summed E-state index contributed by atoms with van der Waals surface area (Å²) in [5, 5.41) is 4.01. The number of fused-ring (bicyclic) bond motifs is 4. The van der Waals surface area contributed by atoms with E-state index in [9.17, 15) is 22.8 Å². The van der Waals surface area contributed by atoms with Crippen molar-refractivity contribution in [3.05, 3.63) is 87.5 Å². The van der Waals surface area contributed by atoms with E-state index >= 15 is 0 Å². The fraction of sp³-hybridized carbons (Fsp3) is 0.179. The van der Waals surface area contributed by atoms with Gasteiger partial charge in [0.05, 0.1) is 33.4 Å². The molecule has 1 aromatic carbocycles. The molecule has 0 spiro atoms. The van der Waals surface area contributed by atoms with Gasteiger partial charge in [0.1, 0.15) is 11.2 Å². The first-order valence-electron chi connectivity index (χ1n) is 12.8. The molecule has 6 heterocycles. The molecule has 0 atom stereocenters. The zero-order chi connectivity index (χ0) is 28.3. The molecule has 0 radical (unpaired) electrons. The van der Waals surface area contributed by atoms with Crippen LogP contribution in [0.2, 0.25) is 0 Å². The number of rotatable bonds is 3. The molecule has 1 fully saturated rings. The van der Waals surface area contributed by atoms with Crippen molar-refractivity contribution in [2.24, 2.45) is 0 Å². The molecule has 0 saturated carbocycles. The highest BCUT2D eigenvalue weighted by Gasteiger charge is 2.36. The number of aromatic amines is 2. The SMILES string of the molecule is O=c1[nH]c(=O)n(-c2ccc(N3CCNCC3)c(C(F)(F)F)c2)c2c1cnc1ccc(-c3cnc4[nH]ccc4c3)nc12. The van der Waals surface area contributed by atoms with Gasteiger partial charge in [0.2, 0.25) is 0 Å². The fourth-order valence-electron chi connectivity index (χ4n) is 5.33. The maximum Gasteiger partial charge on any atom is 0.418 e. The number of nitrogens with zero attached hydrogens (tertiary/aromatic N) is 5. The molecule has 1 aliphatic rings. The molecule has 1 aliphatic heterocycles. The number of halogens is 3. The molecule has 41 heavy (non-hydrogen) atoms. The molecule has 206 valence electrons. The Morgan fingerprint density at radius 2 is 1.76 bits per heavy atom. The summed E-state index contributed by atoms with van der Waals surface area (Å²) in [5.41, 5.74) is -0.0197. The van der Waals surface area contributed by atoms with Crippen LogP contribution in [-0.4, -0.2) is 55.7 Å². The van der Waals surface area contributed by atoms with Gasteiger partial charge >= 0.3 is 11.9 Å². The predicted octanol–water partition coefficient (Wildman–Crippen LogP) is 3.59. The van der Waals surface area contributed by atoms with Gasteiger partial charge in [-0.2, -0.15) is 13.2 Å². The Morgan fingerprint density at radius 1 is 0.927 bits per heavy atom. The van der Waals surface area contributed by atoms with Crippen LogP contribution < -0.4 is 21.5 Å². The number of hydrogen-bond acceptors (Lipinski definition) is 7. The van der Waals surface area contributed by atoms with Crippen molar-refractivity contribution >= 4 is 38.7 Å². The number of pyridine rings is 3. The van der Waals surface area contributed by atoms with Crippen LogP contribution in [0.25, 0.3) is 49.9 Å². The fourth-order valence-corrected chi connectivity index (χ4v) is 5.33. The number of aromatic nitrogens is 6. The van der Waals surface area contributed by atoms with E-state index < -0.39 is 23.0 Å². The maximum absolute atomic E-state index is 14.3. The number of anilines is 1. The third kappa shape index (κ3) is 4.21. The highest BCUT2D eigenvalue weighted by atomic mass is 19.4. The van der Waals surface area contributed by atoms with Gasteiger partial charge in [0.25, 0.3) is 5.56 Å². The molecule has 7 rings (SSSR count). The minimum Gasteiger partial charge on any atom is -0.368 e. The third-order valence-electron chi connectivity index (χ3n) is 7.28. The molecule has 6 aromatic rings. The molecule has 10 nitrogen and oxygen atoms in total. The van der Waals surface area contributed by atoms with Gasteiger partial charge in [0.15, 0.2) is 0 Å². The van der Waals surface area contributed by atoms with E-state index in [-0.39, 0.29) is 27.8 Å². The zero-order valence-corrected chi connectivity index (χ0v) is 21.3. The Bertz CT molecular complexity index is 2090. The summed E-state index contributed by atoms with van der Waals surface area (Å²) in [5.74, 6) is 0. The van der Waals surface area contributed by atoms with Crippen LogP contribution in [0.1, 0.15) is 5.56 Å². The summed E-state index contributed by atoms with van der Waals surface area (Å²) in [6.07, 6.45) is 0.00786. The third-order valence-corrected chi connectivity index (χ3v) is 7.28. The summed E-state index contributed by atoms with van der Waals surface area (Å²) in [6, 6.07) is 10.9. The lowest BCUT2D eigenvalue weighted by molar-refractivity contribution is -0.137. The van der Waals surface area contributed by atoms with Gasteiger partial charge < -0.3 is 15.2 Å². The van der Waals surface area contributed by atoms with E-state index in [1.54, 1.807) is 29.4 Å². The molecule has 0 amide bonds. The van der Waals surface area contributed by atoms with E-state index in [0.29, 0.717) is 48.6 Å². The lowest BCUT2D eigenvalue weighted by Gasteiger charge is -2.31. The topological polar surface area (TPSA) is 125 Å². The number of hydrogen-bond donors (Lipinski definition) is 3. The number of alkyl halides is 3. The Morgan fingerprint density at radius 3 is 2.56 bits per heavy atom. The van der Waals surface area contributed by atoms with E-state index in [0.717, 1.165) is 16.0 Å². The second kappa shape index (κ2) is 9.27. The minimum absolute atomic E-state index is 0.0145. The minimum atomic E-state index is -4.68. The molecule has 0 bridgehead atoms. The number of H-pyrrole nitrogens is 2. The lowest BCUT2D eigenvalue weighted by Crippen LogP contribution is -2.44. The highest BCUT2D eigenvalue weighted by molar-refractivity contribution is 6.02. The molecular formula is C28H21F3N8O2. The standard InChI is InChI=1S/C28H21F3N8O2/c29-28(30,31)19-12-17(1-4-22(19)38-9-7-32-8-10-38)39-24-18(26(40)37-27(39)41)14-34-21-3-2-20(36-23(21)24)16-11-15-5-6-33-25(15)35-13-16/h1-6,11-14,32H,7-10H2,(H,33,35)(H,37,40,41). The summed E-state index contributed by atoms with van der Waals surface area (Å²) < 4.78 is 44.1. The van der Waals surface area contributed by atoms with Gasteiger partial charge in [-0.25, -0.2) is 14.8 Å². The average molecular weight is 559 g/mol. The van der Waals surface area contributed by atoms with Crippen LogP contribution in [0.4, 0.5) is 18.9 Å². The smallest absolute Gasteiger partial charge is 0.368 e. The average Bonchev–Trinajstić information content (AvgIpc) is 3.45. The summed E-state index contributed by atoms with van der Waals surface area (Å²) in [4.78, 5) is 46.5. The summed E-state index contributed by atoms with van der Waals surface area (Å²) >= 11 is 0. The van der Waals surface area contributed by atoms with Gasteiger partial charge in [-0.05, 0) is 42.5 Å². The number of piperazine rings is 1. The van der Waals surface area contributed by atoms with Crippen molar-refractivity contribution in [3.8, 4) is 16.9 Å². The van der Waals surface area contributed by atoms with E-state index in [1.807, 2.05) is 12.1 Å². The Labute approximate surface area is 228 Å². The van der Waals surface area contributed by atoms with Crippen molar-refractivity contribution < 1.29 is 13.2 Å². The largest absolute Gasteiger partial charge is 0.418 e. The van der Waals surface area contributed by atoms with Gasteiger partial charge in [-0.3, -0.25) is 19.3 Å². The molecular weight excluding hydrogens is 537 g/mol. The Kier molecular flexibility index (Phi) is 5.64. The molecule has 13 heteroatoms. The van der Waals surface area contributed by atoms with Crippen molar-refractivity contribution in [1.29, 1.82) is 0 Å². The summed E-state index contributed by atoms with van der Waals surface area (Å²) in [7, 11) is 0. The van der Waals surface area contributed by atoms with Crippen LogP contribution in [0, 0.1) is 0 Å². The van der Waals surface area contributed by atoms with E-state index in [2.05, 4.69) is 25.3 Å². The normalized spacial score (nSPS) is 14.4. The number of nitrogens with one attached hydrogen (secondary N) is 3. The van der Waals surface area contributed by atoms with Crippen molar-refractivity contribution in [2.45, 2.75) is 6.18 Å². The zero-order valence-electron chi connectivity index (χ0n) is 21.3. The van der Waals surface area contributed by atoms with Crippen molar-refractivity contribution in [3.63, 3.8) is 0 Å². The van der Waals surface area contributed by atoms with Crippen LogP contribution in [0.15, 0.2) is 70.6 Å². The monoisotopic (exact) mass is 558 g/mol. The van der Waals surface area contributed by atoms with E-state index in [1.165, 1.54) is 18.3 Å². The predicted molar refractivity (Wildman–Crippen MR) is 148 cm³/mol. The van der Waals surface area contributed by atoms with Crippen LogP contribution in [0.3, 0.4) is 0 Å². The van der Waals surface area contributed by atoms with Gasteiger partial charge in [-0.1, -0.05) is 0 Å². The van der Waals surface area contributed by atoms with Crippen LogP contribution in [-0.2, 0) is 6.18 Å². The first-order valence-corrected chi connectivity index (χ1v) is 12.8. The first kappa shape index (κ1) is 25.0. The summed E-state index contributed by atoms with van der Waals surface area (Å²) in [6.45, 7) is 1.94. The molecule has 1 saturated heterocycles. The lowest BCUT2D eigenvalue weighted by atomic mass is 10.1. The van der Waals surface area contributed by atoms with Crippen molar-refractivity contribution in [1.82, 2.24) is 34.8 Å². The quantitative estimate of drug-likeness (QED) is 0.284. The second-order valence-corrected chi connectivity index (χ2v) is 9.76.